The number of fused-ring (bicyclic) bond motifs is 3. The first-order valence-electron chi connectivity index (χ1n) is 8.72. The lowest BCUT2D eigenvalue weighted by Gasteiger charge is -2.40. The van der Waals surface area contributed by atoms with Gasteiger partial charge in [0.1, 0.15) is 17.5 Å². The highest BCUT2D eigenvalue weighted by Gasteiger charge is 2.58. The Balaban J connectivity index is 2.18. The van der Waals surface area contributed by atoms with Crippen LogP contribution in [-0.4, -0.2) is 57.0 Å². The number of hydrogen-bond donors (Lipinski definition) is 3. The normalized spacial score (nSPS) is 40.3. The fourth-order valence-corrected chi connectivity index (χ4v) is 3.70. The molecular weight excluding hydrogens is 356 g/mol. The number of esters is 2. The number of aliphatic hydroxyl groups excluding tert-OH is 1. The fraction of sp³-hybridized carbons (Fsp3) is 0.579. The molecule has 2 bridgehead atoms. The third kappa shape index (κ3) is 3.23. The molecule has 0 saturated carbocycles. The second-order valence-electron chi connectivity index (χ2n) is 7.80. The van der Waals surface area contributed by atoms with Crippen molar-refractivity contribution >= 4 is 11.9 Å². The van der Waals surface area contributed by atoms with Crippen molar-refractivity contribution in [3.05, 3.63) is 35.1 Å². The van der Waals surface area contributed by atoms with Crippen LogP contribution >= 0.6 is 0 Å². The minimum atomic E-state index is -1.88. The fourth-order valence-electron chi connectivity index (χ4n) is 3.70. The molecule has 0 radical (unpaired) electrons. The van der Waals surface area contributed by atoms with E-state index in [0.717, 1.165) is 0 Å². The molecule has 0 aromatic heterocycles. The van der Waals surface area contributed by atoms with E-state index >= 15 is 0 Å². The third-order valence-electron chi connectivity index (χ3n) is 5.34. The molecule has 3 aliphatic rings. The lowest BCUT2D eigenvalue weighted by molar-refractivity contribution is -0.298. The van der Waals surface area contributed by atoms with E-state index in [9.17, 15) is 24.9 Å². The van der Waals surface area contributed by atoms with Gasteiger partial charge in [-0.15, -0.1) is 0 Å². The predicted molar refractivity (Wildman–Crippen MR) is 91.9 cm³/mol. The van der Waals surface area contributed by atoms with Crippen molar-refractivity contribution in [1.29, 1.82) is 0 Å². The molecule has 3 N–H and O–H groups in total. The minimum absolute atomic E-state index is 0.0649. The van der Waals surface area contributed by atoms with Crippen LogP contribution in [0.3, 0.4) is 0 Å². The van der Waals surface area contributed by atoms with Gasteiger partial charge in [0.2, 0.25) is 0 Å². The second-order valence-corrected chi connectivity index (χ2v) is 7.80. The first kappa shape index (κ1) is 19.8. The Hall–Kier alpha value is -2.00. The Morgan fingerprint density at radius 1 is 1.37 bits per heavy atom. The molecule has 3 aliphatic heterocycles. The van der Waals surface area contributed by atoms with Crippen molar-refractivity contribution in [3.63, 3.8) is 0 Å². The smallest absolute Gasteiger partial charge is 0.342 e. The van der Waals surface area contributed by atoms with E-state index in [4.69, 9.17) is 14.2 Å². The number of hydrogen-bond acceptors (Lipinski definition) is 8. The molecule has 3 rings (SSSR count). The standard InChI is InChI=1S/C19H24O8/c1-10(2)15(21)25-13-8-18(4,23)19(24)6-5-17(3,27-19)7-12-14(13)11(9-20)16(22)26-12/h7,13,20,23-24H,1,5-6,8-9H2,2-4H3/b12-7+/t13-,17+,18+,19-/m0/s1. The Bertz CT molecular complexity index is 777. The molecule has 8 heteroatoms. The summed E-state index contributed by atoms with van der Waals surface area (Å²) in [5.41, 5.74) is -2.60. The first-order chi connectivity index (χ1) is 12.4. The Morgan fingerprint density at radius 3 is 2.63 bits per heavy atom. The van der Waals surface area contributed by atoms with E-state index in [2.05, 4.69) is 6.58 Å². The number of carbonyl (C=O) groups excluding carboxylic acids is 2. The average Bonchev–Trinajstić information content (AvgIpc) is 3.03. The molecule has 0 unspecified atom stereocenters. The van der Waals surface area contributed by atoms with E-state index in [-0.39, 0.29) is 35.3 Å². The Morgan fingerprint density at radius 2 is 2.04 bits per heavy atom. The number of rotatable bonds is 3. The largest absolute Gasteiger partial charge is 0.454 e. The molecule has 0 spiro atoms. The molecule has 4 atom stereocenters. The molecule has 3 heterocycles. The molecule has 0 aromatic rings. The van der Waals surface area contributed by atoms with E-state index < -0.39 is 41.6 Å². The van der Waals surface area contributed by atoms with Crippen LogP contribution < -0.4 is 0 Å². The summed E-state index contributed by atoms with van der Waals surface area (Å²) in [5.74, 6) is -3.28. The summed E-state index contributed by atoms with van der Waals surface area (Å²) < 4.78 is 16.5. The van der Waals surface area contributed by atoms with Crippen LogP contribution in [-0.2, 0) is 23.8 Å². The highest BCUT2D eigenvalue weighted by atomic mass is 16.7. The van der Waals surface area contributed by atoms with Gasteiger partial charge < -0.3 is 29.5 Å². The summed E-state index contributed by atoms with van der Waals surface area (Å²) >= 11 is 0. The minimum Gasteiger partial charge on any atom is -0.454 e. The van der Waals surface area contributed by atoms with Gasteiger partial charge >= 0.3 is 11.9 Å². The summed E-state index contributed by atoms with van der Waals surface area (Å²) in [6.07, 6.45) is 0.606. The van der Waals surface area contributed by atoms with Crippen molar-refractivity contribution in [2.75, 3.05) is 6.61 Å². The zero-order valence-electron chi connectivity index (χ0n) is 15.6. The maximum absolute atomic E-state index is 12.2. The molecular formula is C19H24O8. The molecule has 27 heavy (non-hydrogen) atoms. The van der Waals surface area contributed by atoms with E-state index in [0.29, 0.717) is 6.42 Å². The predicted octanol–water partition coefficient (Wildman–Crippen LogP) is 0.616. The summed E-state index contributed by atoms with van der Waals surface area (Å²) in [4.78, 5) is 24.3. The van der Waals surface area contributed by atoms with Gasteiger partial charge in [-0.3, -0.25) is 0 Å². The third-order valence-corrected chi connectivity index (χ3v) is 5.34. The van der Waals surface area contributed by atoms with E-state index in [1.165, 1.54) is 19.9 Å². The van der Waals surface area contributed by atoms with Crippen LogP contribution in [0.5, 0.6) is 0 Å². The number of ether oxygens (including phenoxy) is 3. The van der Waals surface area contributed by atoms with Crippen molar-refractivity contribution in [3.8, 4) is 0 Å². The first-order valence-corrected chi connectivity index (χ1v) is 8.72. The molecule has 1 saturated heterocycles. The monoisotopic (exact) mass is 380 g/mol. The lowest BCUT2D eigenvalue weighted by Crippen LogP contribution is -2.54. The molecule has 8 nitrogen and oxygen atoms in total. The SMILES string of the molecule is C=C(C)C(=O)O[C@H]1C[C@@](C)(O)[C@]2(O)CC[C@](C)(/C=C3/OC(=O)C(CO)=C31)O2. The zero-order chi connectivity index (χ0) is 20.2. The lowest BCUT2D eigenvalue weighted by atomic mass is 9.82. The summed E-state index contributed by atoms with van der Waals surface area (Å²) in [6.45, 7) is 7.43. The van der Waals surface area contributed by atoms with Crippen LogP contribution in [0.2, 0.25) is 0 Å². The van der Waals surface area contributed by atoms with Crippen LogP contribution in [0.1, 0.15) is 40.0 Å². The van der Waals surface area contributed by atoms with E-state index in [1.54, 1.807) is 6.92 Å². The van der Waals surface area contributed by atoms with Crippen molar-refractivity contribution in [1.82, 2.24) is 0 Å². The highest BCUT2D eigenvalue weighted by Crippen LogP contribution is 2.49. The molecule has 0 amide bonds. The zero-order valence-corrected chi connectivity index (χ0v) is 15.6. The second kappa shape index (κ2) is 6.27. The number of carbonyl (C=O) groups is 2. The van der Waals surface area contributed by atoms with Crippen molar-refractivity contribution in [2.45, 2.75) is 63.1 Å². The number of aliphatic hydroxyl groups is 3. The van der Waals surface area contributed by atoms with Gasteiger partial charge in [0.05, 0.1) is 17.8 Å². The summed E-state index contributed by atoms with van der Waals surface area (Å²) in [7, 11) is 0. The van der Waals surface area contributed by atoms with Gasteiger partial charge in [-0.25, -0.2) is 9.59 Å². The highest BCUT2D eigenvalue weighted by molar-refractivity contribution is 5.95. The van der Waals surface area contributed by atoms with Crippen molar-refractivity contribution < 1.29 is 39.1 Å². The maximum atomic E-state index is 12.2. The van der Waals surface area contributed by atoms with Gasteiger partial charge in [0, 0.05) is 24.0 Å². The van der Waals surface area contributed by atoms with Crippen LogP contribution in [0.4, 0.5) is 0 Å². The van der Waals surface area contributed by atoms with Gasteiger partial charge in [-0.05, 0) is 33.3 Å². The van der Waals surface area contributed by atoms with Gasteiger partial charge in [-0.2, -0.15) is 0 Å². The maximum Gasteiger partial charge on any atom is 0.342 e. The topological polar surface area (TPSA) is 123 Å². The van der Waals surface area contributed by atoms with Crippen LogP contribution in [0.25, 0.3) is 0 Å². The Labute approximate surface area is 156 Å². The Kier molecular flexibility index (Phi) is 4.59. The summed E-state index contributed by atoms with van der Waals surface area (Å²) in [5, 5.41) is 31.6. The summed E-state index contributed by atoms with van der Waals surface area (Å²) in [6, 6.07) is 0. The molecule has 1 fully saturated rings. The average molecular weight is 380 g/mol. The van der Waals surface area contributed by atoms with Crippen LogP contribution in [0.15, 0.2) is 35.1 Å². The van der Waals surface area contributed by atoms with Crippen molar-refractivity contribution in [2.24, 2.45) is 0 Å². The quantitative estimate of drug-likeness (QED) is 0.481. The molecule has 148 valence electrons. The molecule has 0 aliphatic carbocycles. The van der Waals surface area contributed by atoms with Gasteiger partial charge in [0.25, 0.3) is 0 Å². The van der Waals surface area contributed by atoms with Crippen LogP contribution in [0, 0.1) is 0 Å². The van der Waals surface area contributed by atoms with Gasteiger partial charge in [-0.1, -0.05) is 6.58 Å². The molecule has 0 aromatic carbocycles. The van der Waals surface area contributed by atoms with E-state index in [1.807, 2.05) is 0 Å². The van der Waals surface area contributed by atoms with Gasteiger partial charge in [0.15, 0.2) is 5.79 Å².